The van der Waals surface area contributed by atoms with Gasteiger partial charge in [-0.1, -0.05) is 23.7 Å². The van der Waals surface area contributed by atoms with E-state index < -0.39 is 0 Å². The summed E-state index contributed by atoms with van der Waals surface area (Å²) < 4.78 is 0. The highest BCUT2D eigenvalue weighted by atomic mass is 35.5. The maximum absolute atomic E-state index is 5.85. The van der Waals surface area contributed by atoms with Gasteiger partial charge in [-0.2, -0.15) is 0 Å². The molecule has 1 fully saturated rings. The van der Waals surface area contributed by atoms with E-state index in [1.54, 1.807) is 0 Å². The van der Waals surface area contributed by atoms with Gasteiger partial charge in [0, 0.05) is 23.7 Å². The molecule has 0 heterocycles. The minimum Gasteiger partial charge on any atom is -0.313 e. The van der Waals surface area contributed by atoms with E-state index in [1.807, 2.05) is 12.1 Å². The third kappa shape index (κ3) is 5.07. The van der Waals surface area contributed by atoms with Crippen molar-refractivity contribution in [2.45, 2.75) is 38.3 Å². The molecule has 1 saturated carbocycles. The average Bonchev–Trinajstić information content (AvgIpc) is 3.13. The van der Waals surface area contributed by atoms with E-state index in [-0.39, 0.29) is 0 Å². The van der Waals surface area contributed by atoms with Crippen molar-refractivity contribution in [3.05, 3.63) is 34.9 Å². The van der Waals surface area contributed by atoms with Gasteiger partial charge in [-0.05, 0) is 50.4 Å². The predicted octanol–water partition coefficient (Wildman–Crippen LogP) is 2.61. The van der Waals surface area contributed by atoms with E-state index >= 15 is 0 Å². The Morgan fingerprint density at radius 3 is 2.65 bits per heavy atom. The summed E-state index contributed by atoms with van der Waals surface area (Å²) in [6.07, 6.45) is 3.78. The molecular formula is C14H21ClN2. The number of hydrogen-bond acceptors (Lipinski definition) is 2. The smallest absolute Gasteiger partial charge is 0.0406 e. The quantitative estimate of drug-likeness (QED) is 0.780. The van der Waals surface area contributed by atoms with E-state index in [0.29, 0.717) is 6.04 Å². The second-order valence-electron chi connectivity index (χ2n) is 4.91. The van der Waals surface area contributed by atoms with Crippen molar-refractivity contribution in [1.82, 2.24) is 10.6 Å². The van der Waals surface area contributed by atoms with Crippen LogP contribution in [0.3, 0.4) is 0 Å². The number of benzene rings is 1. The largest absolute Gasteiger partial charge is 0.313 e. The number of hydrogen-bond donors (Lipinski definition) is 2. The third-order valence-electron chi connectivity index (χ3n) is 3.11. The molecular weight excluding hydrogens is 232 g/mol. The first-order valence-electron chi connectivity index (χ1n) is 6.45. The summed E-state index contributed by atoms with van der Waals surface area (Å²) in [6, 6.07) is 9.44. The van der Waals surface area contributed by atoms with E-state index in [4.69, 9.17) is 11.6 Å². The van der Waals surface area contributed by atoms with Gasteiger partial charge in [0.2, 0.25) is 0 Å². The molecule has 1 aromatic carbocycles. The Morgan fingerprint density at radius 1 is 1.29 bits per heavy atom. The number of rotatable bonds is 7. The molecule has 1 aromatic rings. The monoisotopic (exact) mass is 252 g/mol. The fourth-order valence-corrected chi connectivity index (χ4v) is 1.94. The van der Waals surface area contributed by atoms with Crippen molar-refractivity contribution >= 4 is 11.6 Å². The fourth-order valence-electron chi connectivity index (χ4n) is 1.82. The molecule has 2 nitrogen and oxygen atoms in total. The van der Waals surface area contributed by atoms with Crippen LogP contribution in [0.15, 0.2) is 24.3 Å². The highest BCUT2D eigenvalue weighted by molar-refractivity contribution is 6.30. The molecule has 2 rings (SSSR count). The van der Waals surface area contributed by atoms with Crippen LogP contribution in [-0.2, 0) is 6.42 Å². The molecule has 0 bridgehead atoms. The lowest BCUT2D eigenvalue weighted by atomic mass is 10.1. The van der Waals surface area contributed by atoms with Gasteiger partial charge in [0.05, 0.1) is 0 Å². The predicted molar refractivity (Wildman–Crippen MR) is 73.6 cm³/mol. The Balaban J connectivity index is 1.59. The summed E-state index contributed by atoms with van der Waals surface area (Å²) in [4.78, 5) is 0. The fraction of sp³-hybridized carbons (Fsp3) is 0.571. The van der Waals surface area contributed by atoms with Gasteiger partial charge in [0.15, 0.2) is 0 Å². The number of halogens is 1. The zero-order chi connectivity index (χ0) is 12.1. The maximum Gasteiger partial charge on any atom is 0.0406 e. The second-order valence-corrected chi connectivity index (χ2v) is 5.35. The van der Waals surface area contributed by atoms with Crippen molar-refractivity contribution in [2.24, 2.45) is 0 Å². The van der Waals surface area contributed by atoms with Crippen LogP contribution < -0.4 is 10.6 Å². The first kappa shape index (κ1) is 12.9. The Labute approximate surface area is 109 Å². The standard InChI is InChI=1S/C14H21ClN2/c1-11(10-17-14-6-7-14)16-9-8-12-2-4-13(15)5-3-12/h2-5,11,14,16-17H,6-10H2,1H3. The first-order chi connectivity index (χ1) is 8.24. The number of nitrogens with one attached hydrogen (secondary N) is 2. The van der Waals surface area contributed by atoms with E-state index in [9.17, 15) is 0 Å². The Morgan fingerprint density at radius 2 is 2.00 bits per heavy atom. The third-order valence-corrected chi connectivity index (χ3v) is 3.36. The van der Waals surface area contributed by atoms with Crippen LogP contribution in [0.25, 0.3) is 0 Å². The Kier molecular flexibility index (Phi) is 4.84. The highest BCUT2D eigenvalue weighted by Crippen LogP contribution is 2.18. The Hall–Kier alpha value is -0.570. The van der Waals surface area contributed by atoms with Crippen molar-refractivity contribution in [3.63, 3.8) is 0 Å². The van der Waals surface area contributed by atoms with Gasteiger partial charge in [-0.3, -0.25) is 0 Å². The van der Waals surface area contributed by atoms with Crippen molar-refractivity contribution < 1.29 is 0 Å². The normalized spacial score (nSPS) is 17.1. The molecule has 0 aliphatic heterocycles. The molecule has 1 atom stereocenters. The lowest BCUT2D eigenvalue weighted by molar-refractivity contribution is 0.503. The van der Waals surface area contributed by atoms with Crippen LogP contribution >= 0.6 is 11.6 Å². The molecule has 1 aliphatic rings. The molecule has 0 aromatic heterocycles. The zero-order valence-corrected chi connectivity index (χ0v) is 11.1. The van der Waals surface area contributed by atoms with Gasteiger partial charge >= 0.3 is 0 Å². The molecule has 3 heteroatoms. The van der Waals surface area contributed by atoms with E-state index in [1.165, 1.54) is 18.4 Å². The summed E-state index contributed by atoms with van der Waals surface area (Å²) in [6.45, 7) is 4.33. The Bertz CT molecular complexity index is 333. The second kappa shape index (κ2) is 6.39. The molecule has 0 amide bonds. The molecule has 2 N–H and O–H groups in total. The van der Waals surface area contributed by atoms with Crippen LogP contribution in [0.1, 0.15) is 25.3 Å². The van der Waals surface area contributed by atoms with Crippen LogP contribution in [0.5, 0.6) is 0 Å². The molecule has 94 valence electrons. The van der Waals surface area contributed by atoms with Crippen molar-refractivity contribution in [3.8, 4) is 0 Å². The van der Waals surface area contributed by atoms with E-state index in [0.717, 1.165) is 30.6 Å². The molecule has 0 saturated heterocycles. The minimum atomic E-state index is 0.544. The molecule has 17 heavy (non-hydrogen) atoms. The van der Waals surface area contributed by atoms with Crippen LogP contribution in [-0.4, -0.2) is 25.2 Å². The molecule has 0 spiro atoms. The molecule has 0 radical (unpaired) electrons. The molecule has 1 unspecified atom stereocenters. The van der Waals surface area contributed by atoms with Gasteiger partial charge < -0.3 is 10.6 Å². The summed E-state index contributed by atoms with van der Waals surface area (Å²) in [5.74, 6) is 0. The minimum absolute atomic E-state index is 0.544. The first-order valence-corrected chi connectivity index (χ1v) is 6.83. The van der Waals surface area contributed by atoms with Crippen LogP contribution in [0.4, 0.5) is 0 Å². The van der Waals surface area contributed by atoms with E-state index in [2.05, 4.69) is 29.7 Å². The average molecular weight is 253 g/mol. The molecule has 1 aliphatic carbocycles. The SMILES string of the molecule is CC(CNC1CC1)NCCc1ccc(Cl)cc1. The lowest BCUT2D eigenvalue weighted by Gasteiger charge is -2.14. The van der Waals surface area contributed by atoms with Crippen LogP contribution in [0, 0.1) is 0 Å². The van der Waals surface area contributed by atoms with Crippen molar-refractivity contribution in [1.29, 1.82) is 0 Å². The summed E-state index contributed by atoms with van der Waals surface area (Å²) in [5, 5.41) is 7.87. The van der Waals surface area contributed by atoms with Gasteiger partial charge in [0.1, 0.15) is 0 Å². The summed E-state index contributed by atoms with van der Waals surface area (Å²) >= 11 is 5.85. The lowest BCUT2D eigenvalue weighted by Crippen LogP contribution is -2.38. The van der Waals surface area contributed by atoms with Crippen LogP contribution in [0.2, 0.25) is 5.02 Å². The van der Waals surface area contributed by atoms with Gasteiger partial charge in [-0.25, -0.2) is 0 Å². The van der Waals surface area contributed by atoms with Gasteiger partial charge in [0.25, 0.3) is 0 Å². The summed E-state index contributed by atoms with van der Waals surface area (Å²) in [7, 11) is 0. The topological polar surface area (TPSA) is 24.1 Å². The van der Waals surface area contributed by atoms with Crippen molar-refractivity contribution in [2.75, 3.05) is 13.1 Å². The summed E-state index contributed by atoms with van der Waals surface area (Å²) in [5.41, 5.74) is 1.34. The zero-order valence-electron chi connectivity index (χ0n) is 10.4. The van der Waals surface area contributed by atoms with Gasteiger partial charge in [-0.15, -0.1) is 0 Å². The maximum atomic E-state index is 5.85. The highest BCUT2D eigenvalue weighted by Gasteiger charge is 2.20.